The number of nitrogens with zero attached hydrogens (tertiary/aromatic N) is 3. The van der Waals surface area contributed by atoms with Crippen molar-refractivity contribution in [2.24, 2.45) is 14.1 Å². The standard InChI is InChI=1S/C20H21BrN4O2/c1-23-17-11-15(22-19(26)13-7-3-4-8-14(13)21)16(25-9-5-6-10-25)12-18(17)24(2)20(23)27/h3-4,7-8,11-12H,5-6,9-10H2,1-2H3,(H,22,26). The van der Waals surface area contributed by atoms with E-state index in [1.807, 2.05) is 30.3 Å². The molecule has 27 heavy (non-hydrogen) atoms. The molecule has 1 aliphatic rings. The van der Waals surface area contributed by atoms with Gasteiger partial charge in [0.25, 0.3) is 5.91 Å². The summed E-state index contributed by atoms with van der Waals surface area (Å²) in [6.45, 7) is 1.90. The molecule has 4 rings (SSSR count). The average molecular weight is 429 g/mol. The maximum atomic E-state index is 12.9. The number of carbonyl (C=O) groups is 1. The number of fused-ring (bicyclic) bond motifs is 1. The number of anilines is 2. The summed E-state index contributed by atoms with van der Waals surface area (Å²) in [6, 6.07) is 11.3. The number of aryl methyl sites for hydroxylation is 2. The summed E-state index contributed by atoms with van der Waals surface area (Å²) in [5, 5.41) is 3.06. The predicted molar refractivity (Wildman–Crippen MR) is 112 cm³/mol. The molecule has 2 heterocycles. The zero-order chi connectivity index (χ0) is 19.1. The van der Waals surface area contributed by atoms with E-state index in [-0.39, 0.29) is 11.6 Å². The van der Waals surface area contributed by atoms with E-state index in [1.165, 1.54) is 0 Å². The minimum absolute atomic E-state index is 0.0772. The number of carbonyl (C=O) groups excluding carboxylic acids is 1. The second-order valence-corrected chi connectivity index (χ2v) is 7.74. The minimum atomic E-state index is -0.178. The van der Waals surface area contributed by atoms with Gasteiger partial charge < -0.3 is 10.2 Å². The lowest BCUT2D eigenvalue weighted by molar-refractivity contribution is 0.102. The molecule has 0 spiro atoms. The highest BCUT2D eigenvalue weighted by atomic mass is 79.9. The van der Waals surface area contributed by atoms with Crippen molar-refractivity contribution in [3.8, 4) is 0 Å². The zero-order valence-electron chi connectivity index (χ0n) is 15.3. The lowest BCUT2D eigenvalue weighted by Gasteiger charge is -2.22. The van der Waals surface area contributed by atoms with Crippen molar-refractivity contribution in [2.75, 3.05) is 23.3 Å². The van der Waals surface area contributed by atoms with E-state index in [0.29, 0.717) is 5.56 Å². The fourth-order valence-corrected chi connectivity index (χ4v) is 4.15. The molecule has 0 saturated carbocycles. The van der Waals surface area contributed by atoms with Crippen molar-refractivity contribution < 1.29 is 4.79 Å². The van der Waals surface area contributed by atoms with Crippen LogP contribution in [-0.4, -0.2) is 28.1 Å². The van der Waals surface area contributed by atoms with Crippen LogP contribution in [0.5, 0.6) is 0 Å². The zero-order valence-corrected chi connectivity index (χ0v) is 16.9. The van der Waals surface area contributed by atoms with Gasteiger partial charge in [0.15, 0.2) is 0 Å². The molecule has 7 heteroatoms. The second kappa shape index (κ2) is 6.88. The van der Waals surface area contributed by atoms with Gasteiger partial charge in [-0.05, 0) is 53.0 Å². The van der Waals surface area contributed by atoms with Gasteiger partial charge in [0.2, 0.25) is 0 Å². The summed E-state index contributed by atoms with van der Waals surface area (Å²) < 4.78 is 4.00. The highest BCUT2D eigenvalue weighted by molar-refractivity contribution is 9.10. The third kappa shape index (κ3) is 3.06. The van der Waals surface area contributed by atoms with Crippen LogP contribution in [0, 0.1) is 0 Å². The quantitative estimate of drug-likeness (QED) is 0.694. The number of hydrogen-bond acceptors (Lipinski definition) is 3. The Morgan fingerprint density at radius 1 is 1.04 bits per heavy atom. The maximum Gasteiger partial charge on any atom is 0.328 e. The lowest BCUT2D eigenvalue weighted by Crippen LogP contribution is -2.21. The molecule has 3 aromatic rings. The number of imidazole rings is 1. The number of benzene rings is 2. The molecular formula is C20H21BrN4O2. The summed E-state index contributed by atoms with van der Waals surface area (Å²) in [5.41, 5.74) is 3.85. The smallest absolute Gasteiger partial charge is 0.328 e. The fraction of sp³-hybridized carbons (Fsp3) is 0.300. The Morgan fingerprint density at radius 2 is 1.67 bits per heavy atom. The SMILES string of the molecule is Cn1c(=O)n(C)c2cc(N3CCCC3)c(NC(=O)c3ccccc3Br)cc21. The van der Waals surface area contributed by atoms with Gasteiger partial charge in [0.05, 0.1) is 28.0 Å². The highest BCUT2D eigenvalue weighted by Crippen LogP contribution is 2.33. The number of rotatable bonds is 3. The van der Waals surface area contributed by atoms with E-state index in [1.54, 1.807) is 29.3 Å². The third-order valence-corrected chi connectivity index (χ3v) is 5.89. The molecule has 1 amide bonds. The largest absolute Gasteiger partial charge is 0.370 e. The molecule has 0 atom stereocenters. The van der Waals surface area contributed by atoms with Crippen molar-refractivity contribution in [3.05, 3.63) is 56.9 Å². The Labute approximate surface area is 165 Å². The van der Waals surface area contributed by atoms with Crippen molar-refractivity contribution in [1.29, 1.82) is 0 Å². The molecule has 1 aromatic heterocycles. The van der Waals surface area contributed by atoms with Gasteiger partial charge in [0, 0.05) is 31.7 Å². The molecule has 0 aliphatic carbocycles. The van der Waals surface area contributed by atoms with Crippen LogP contribution in [0.1, 0.15) is 23.2 Å². The summed E-state index contributed by atoms with van der Waals surface area (Å²) in [5.74, 6) is -0.178. The van der Waals surface area contributed by atoms with Crippen LogP contribution in [0.4, 0.5) is 11.4 Å². The van der Waals surface area contributed by atoms with E-state index in [0.717, 1.165) is 52.8 Å². The molecule has 0 radical (unpaired) electrons. The van der Waals surface area contributed by atoms with E-state index in [9.17, 15) is 9.59 Å². The highest BCUT2D eigenvalue weighted by Gasteiger charge is 2.21. The van der Waals surface area contributed by atoms with E-state index < -0.39 is 0 Å². The van der Waals surface area contributed by atoms with Crippen LogP contribution >= 0.6 is 15.9 Å². The van der Waals surface area contributed by atoms with Gasteiger partial charge in [-0.2, -0.15) is 0 Å². The van der Waals surface area contributed by atoms with E-state index in [2.05, 4.69) is 26.1 Å². The first-order valence-corrected chi connectivity index (χ1v) is 9.77. The fourth-order valence-electron chi connectivity index (χ4n) is 3.69. The molecule has 6 nitrogen and oxygen atoms in total. The van der Waals surface area contributed by atoms with Crippen LogP contribution in [0.15, 0.2) is 45.7 Å². The average Bonchev–Trinajstić information content (AvgIpc) is 3.26. The molecule has 0 unspecified atom stereocenters. The third-order valence-electron chi connectivity index (χ3n) is 5.20. The molecule has 1 aliphatic heterocycles. The monoisotopic (exact) mass is 428 g/mol. The number of aromatic nitrogens is 2. The summed E-state index contributed by atoms with van der Waals surface area (Å²) in [6.07, 6.45) is 2.26. The van der Waals surface area contributed by atoms with Gasteiger partial charge in [-0.3, -0.25) is 13.9 Å². The topological polar surface area (TPSA) is 59.3 Å². The molecule has 2 aromatic carbocycles. The lowest BCUT2D eigenvalue weighted by atomic mass is 10.1. The first kappa shape index (κ1) is 17.9. The van der Waals surface area contributed by atoms with Crippen LogP contribution in [0.25, 0.3) is 11.0 Å². The van der Waals surface area contributed by atoms with Crippen molar-refractivity contribution >= 4 is 44.2 Å². The molecule has 140 valence electrons. The van der Waals surface area contributed by atoms with Gasteiger partial charge >= 0.3 is 5.69 Å². The first-order valence-electron chi connectivity index (χ1n) is 8.97. The Morgan fingerprint density at radius 3 is 2.33 bits per heavy atom. The predicted octanol–water partition coefficient (Wildman–Crippen LogP) is 3.49. The second-order valence-electron chi connectivity index (χ2n) is 6.89. The Bertz CT molecular complexity index is 1090. The van der Waals surface area contributed by atoms with Gasteiger partial charge in [-0.1, -0.05) is 12.1 Å². The Hall–Kier alpha value is -2.54. The number of halogens is 1. The summed E-state index contributed by atoms with van der Waals surface area (Å²) in [7, 11) is 3.53. The van der Waals surface area contributed by atoms with E-state index in [4.69, 9.17) is 0 Å². The molecule has 1 N–H and O–H groups in total. The van der Waals surface area contributed by atoms with Crippen molar-refractivity contribution in [1.82, 2.24) is 9.13 Å². The molecule has 1 fully saturated rings. The number of nitrogens with one attached hydrogen (secondary N) is 1. The maximum absolute atomic E-state index is 12.9. The van der Waals surface area contributed by atoms with Crippen molar-refractivity contribution in [3.63, 3.8) is 0 Å². The van der Waals surface area contributed by atoms with Crippen molar-refractivity contribution in [2.45, 2.75) is 12.8 Å². The van der Waals surface area contributed by atoms with Crippen LogP contribution in [0.3, 0.4) is 0 Å². The molecule has 0 bridgehead atoms. The van der Waals surface area contributed by atoms with Crippen LogP contribution < -0.4 is 15.9 Å². The Balaban J connectivity index is 1.83. The molecular weight excluding hydrogens is 408 g/mol. The van der Waals surface area contributed by atoms with Crippen LogP contribution in [-0.2, 0) is 14.1 Å². The van der Waals surface area contributed by atoms with Gasteiger partial charge in [0.1, 0.15) is 0 Å². The first-order chi connectivity index (χ1) is 13.0. The normalized spacial score (nSPS) is 14.1. The summed E-state index contributed by atoms with van der Waals surface area (Å²) in [4.78, 5) is 27.5. The Kier molecular flexibility index (Phi) is 4.55. The number of amides is 1. The van der Waals surface area contributed by atoms with Crippen LogP contribution in [0.2, 0.25) is 0 Å². The number of hydrogen-bond donors (Lipinski definition) is 1. The van der Waals surface area contributed by atoms with Gasteiger partial charge in [-0.15, -0.1) is 0 Å². The minimum Gasteiger partial charge on any atom is -0.370 e. The molecule has 1 saturated heterocycles. The van der Waals surface area contributed by atoms with E-state index >= 15 is 0 Å². The van der Waals surface area contributed by atoms with Gasteiger partial charge in [-0.25, -0.2) is 4.79 Å². The summed E-state index contributed by atoms with van der Waals surface area (Å²) >= 11 is 3.44.